The highest BCUT2D eigenvalue weighted by Crippen LogP contribution is 2.23. The first-order valence-electron chi connectivity index (χ1n) is 9.58. The molecule has 1 aliphatic rings. The van der Waals surface area contributed by atoms with Gasteiger partial charge in [-0.1, -0.05) is 23.7 Å². The van der Waals surface area contributed by atoms with Crippen LogP contribution in [0.15, 0.2) is 36.4 Å². The Bertz CT molecular complexity index is 891. The van der Waals surface area contributed by atoms with E-state index in [0.717, 1.165) is 5.56 Å². The zero-order chi connectivity index (χ0) is 21.0. The van der Waals surface area contributed by atoms with Crippen molar-refractivity contribution in [1.82, 2.24) is 10.2 Å². The molecule has 7 heteroatoms. The Balaban J connectivity index is 1.47. The number of carbonyl (C=O) groups excluding carboxylic acids is 2. The number of nitrogens with one attached hydrogen (secondary N) is 1. The molecule has 1 aliphatic heterocycles. The number of carbonyl (C=O) groups is 2. The van der Waals surface area contributed by atoms with Crippen LogP contribution in [0.2, 0.25) is 5.02 Å². The van der Waals surface area contributed by atoms with Gasteiger partial charge in [0, 0.05) is 19.1 Å². The van der Waals surface area contributed by atoms with Crippen molar-refractivity contribution in [3.8, 4) is 5.75 Å². The monoisotopic (exact) mass is 418 g/mol. The van der Waals surface area contributed by atoms with E-state index in [4.69, 9.17) is 16.3 Å². The molecule has 2 aromatic carbocycles. The highest BCUT2D eigenvalue weighted by atomic mass is 35.5. The van der Waals surface area contributed by atoms with Crippen LogP contribution in [-0.4, -0.2) is 42.5 Å². The lowest BCUT2D eigenvalue weighted by Gasteiger charge is -2.32. The van der Waals surface area contributed by atoms with Crippen LogP contribution in [-0.2, 0) is 4.79 Å². The van der Waals surface area contributed by atoms with Crippen molar-refractivity contribution in [2.45, 2.75) is 32.7 Å². The van der Waals surface area contributed by atoms with Crippen molar-refractivity contribution in [2.75, 3.05) is 19.7 Å². The maximum atomic E-state index is 14.0. The Hall–Kier alpha value is -2.60. The van der Waals surface area contributed by atoms with Crippen molar-refractivity contribution >= 4 is 23.4 Å². The molecule has 3 rings (SSSR count). The quantitative estimate of drug-likeness (QED) is 0.801. The minimum absolute atomic E-state index is 0.0500. The summed E-state index contributed by atoms with van der Waals surface area (Å²) in [6, 6.07) is 9.84. The van der Waals surface area contributed by atoms with E-state index in [0.29, 0.717) is 31.7 Å². The first-order valence-corrected chi connectivity index (χ1v) is 9.95. The molecule has 0 bridgehead atoms. The molecule has 154 valence electrons. The van der Waals surface area contributed by atoms with E-state index in [9.17, 15) is 14.0 Å². The number of likely N-dealkylation sites (tertiary alicyclic amines) is 1. The van der Waals surface area contributed by atoms with Gasteiger partial charge in [0.05, 0.1) is 10.6 Å². The smallest absolute Gasteiger partial charge is 0.258 e. The molecule has 0 saturated carbocycles. The van der Waals surface area contributed by atoms with E-state index in [2.05, 4.69) is 5.32 Å². The molecular formula is C22H24ClFN2O3. The molecule has 0 radical (unpaired) electrons. The number of nitrogens with zero attached hydrogens (tertiary/aromatic N) is 1. The van der Waals surface area contributed by atoms with Gasteiger partial charge in [-0.3, -0.25) is 9.59 Å². The van der Waals surface area contributed by atoms with E-state index < -0.39 is 11.7 Å². The van der Waals surface area contributed by atoms with Crippen LogP contribution in [0.1, 0.15) is 34.3 Å². The summed E-state index contributed by atoms with van der Waals surface area (Å²) in [5, 5.41) is 3.04. The lowest BCUT2D eigenvalue weighted by atomic mass is 10.0. The Morgan fingerprint density at radius 1 is 1.17 bits per heavy atom. The molecule has 1 fully saturated rings. The Morgan fingerprint density at radius 2 is 1.90 bits per heavy atom. The second-order valence-electron chi connectivity index (χ2n) is 7.27. The zero-order valence-electron chi connectivity index (χ0n) is 16.5. The molecule has 0 aromatic heterocycles. The summed E-state index contributed by atoms with van der Waals surface area (Å²) >= 11 is 5.99. The van der Waals surface area contributed by atoms with Crippen LogP contribution >= 0.6 is 11.6 Å². The van der Waals surface area contributed by atoms with Gasteiger partial charge in [0.15, 0.2) is 6.61 Å². The normalized spacial score (nSPS) is 14.6. The predicted octanol–water partition coefficient (Wildman–Crippen LogP) is 3.90. The predicted molar refractivity (Wildman–Crippen MR) is 110 cm³/mol. The number of benzene rings is 2. The van der Waals surface area contributed by atoms with Gasteiger partial charge in [-0.25, -0.2) is 4.39 Å². The molecule has 0 atom stereocenters. The second-order valence-corrected chi connectivity index (χ2v) is 7.67. The average Bonchev–Trinajstić information content (AvgIpc) is 2.69. The third-order valence-electron chi connectivity index (χ3n) is 5.17. The molecule has 2 aromatic rings. The number of piperidine rings is 1. The summed E-state index contributed by atoms with van der Waals surface area (Å²) in [6.07, 6.45) is 1.18. The molecule has 0 spiro atoms. The van der Waals surface area contributed by atoms with Crippen LogP contribution in [0.25, 0.3) is 0 Å². The minimum Gasteiger partial charge on any atom is -0.484 e. The van der Waals surface area contributed by atoms with Gasteiger partial charge in [0.1, 0.15) is 11.6 Å². The van der Waals surface area contributed by atoms with Crippen LogP contribution < -0.4 is 10.1 Å². The number of amides is 2. The average molecular weight is 419 g/mol. The fraction of sp³-hybridized carbons (Fsp3) is 0.364. The van der Waals surface area contributed by atoms with Gasteiger partial charge in [-0.15, -0.1) is 0 Å². The van der Waals surface area contributed by atoms with E-state index in [1.165, 1.54) is 23.8 Å². The third kappa shape index (κ3) is 5.26. The SMILES string of the molecule is Cc1ccc(OCC(=O)NC2CCN(C(=O)c3c(F)cccc3Cl)CC2)cc1C. The molecule has 2 amide bonds. The van der Waals surface area contributed by atoms with Gasteiger partial charge in [-0.05, 0) is 62.1 Å². The molecule has 1 N–H and O–H groups in total. The van der Waals surface area contributed by atoms with Gasteiger partial charge in [0.2, 0.25) is 0 Å². The van der Waals surface area contributed by atoms with E-state index >= 15 is 0 Å². The summed E-state index contributed by atoms with van der Waals surface area (Å²) in [4.78, 5) is 26.3. The van der Waals surface area contributed by atoms with Gasteiger partial charge in [0.25, 0.3) is 11.8 Å². The molecule has 29 heavy (non-hydrogen) atoms. The van der Waals surface area contributed by atoms with Crippen LogP contribution in [0.5, 0.6) is 5.75 Å². The molecule has 5 nitrogen and oxygen atoms in total. The van der Waals surface area contributed by atoms with E-state index in [1.807, 2.05) is 32.0 Å². The van der Waals surface area contributed by atoms with E-state index in [1.54, 1.807) is 4.90 Å². The minimum atomic E-state index is -0.624. The summed E-state index contributed by atoms with van der Waals surface area (Å²) in [5.41, 5.74) is 2.17. The zero-order valence-corrected chi connectivity index (χ0v) is 17.3. The number of hydrogen-bond donors (Lipinski definition) is 1. The van der Waals surface area contributed by atoms with Gasteiger partial charge in [-0.2, -0.15) is 0 Å². The number of ether oxygens (including phenoxy) is 1. The van der Waals surface area contributed by atoms with Crippen molar-refractivity contribution < 1.29 is 18.7 Å². The molecular weight excluding hydrogens is 395 g/mol. The summed E-state index contributed by atoms with van der Waals surface area (Å²) < 4.78 is 19.5. The lowest BCUT2D eigenvalue weighted by Crippen LogP contribution is -2.47. The number of hydrogen-bond acceptors (Lipinski definition) is 3. The number of rotatable bonds is 5. The van der Waals surface area contributed by atoms with E-state index in [-0.39, 0.29) is 29.1 Å². The highest BCUT2D eigenvalue weighted by molar-refractivity contribution is 6.33. The highest BCUT2D eigenvalue weighted by Gasteiger charge is 2.27. The maximum absolute atomic E-state index is 14.0. The van der Waals surface area contributed by atoms with Crippen molar-refractivity contribution in [2.24, 2.45) is 0 Å². The van der Waals surface area contributed by atoms with Crippen LogP contribution in [0.3, 0.4) is 0 Å². The van der Waals surface area contributed by atoms with Crippen LogP contribution in [0.4, 0.5) is 4.39 Å². The number of halogens is 2. The molecule has 1 saturated heterocycles. The Kier molecular flexibility index (Phi) is 6.75. The van der Waals surface area contributed by atoms with Gasteiger partial charge < -0.3 is 15.0 Å². The van der Waals surface area contributed by atoms with Crippen LogP contribution in [0, 0.1) is 19.7 Å². The largest absolute Gasteiger partial charge is 0.484 e. The Morgan fingerprint density at radius 3 is 2.55 bits per heavy atom. The Labute approximate surface area is 174 Å². The molecule has 0 unspecified atom stereocenters. The van der Waals surface area contributed by atoms with Crippen molar-refractivity contribution in [3.63, 3.8) is 0 Å². The molecule has 0 aliphatic carbocycles. The van der Waals surface area contributed by atoms with Gasteiger partial charge >= 0.3 is 0 Å². The van der Waals surface area contributed by atoms with Crippen molar-refractivity contribution in [1.29, 1.82) is 0 Å². The fourth-order valence-corrected chi connectivity index (χ4v) is 3.55. The maximum Gasteiger partial charge on any atom is 0.258 e. The summed E-state index contributed by atoms with van der Waals surface area (Å²) in [5.74, 6) is -0.590. The summed E-state index contributed by atoms with van der Waals surface area (Å²) in [7, 11) is 0. The first kappa shape index (κ1) is 21.1. The molecule has 1 heterocycles. The topological polar surface area (TPSA) is 58.6 Å². The fourth-order valence-electron chi connectivity index (χ4n) is 3.31. The summed E-state index contributed by atoms with van der Waals surface area (Å²) in [6.45, 7) is 4.79. The standard InChI is InChI=1S/C22H24ClFN2O3/c1-14-6-7-17(12-15(14)2)29-13-20(27)25-16-8-10-26(11-9-16)22(28)21-18(23)4-3-5-19(21)24/h3-7,12,16H,8-11,13H2,1-2H3,(H,25,27). The first-order chi connectivity index (χ1) is 13.8. The second kappa shape index (κ2) is 9.27. The third-order valence-corrected chi connectivity index (χ3v) is 5.49. The number of aryl methyl sites for hydroxylation is 2. The lowest BCUT2D eigenvalue weighted by molar-refractivity contribution is -0.124. The van der Waals surface area contributed by atoms with Crippen molar-refractivity contribution in [3.05, 3.63) is 63.9 Å².